The summed E-state index contributed by atoms with van der Waals surface area (Å²) in [6.45, 7) is 0.0999. The van der Waals surface area contributed by atoms with Gasteiger partial charge >= 0.3 is 0 Å². The summed E-state index contributed by atoms with van der Waals surface area (Å²) in [4.78, 5) is 0.154. The zero-order valence-electron chi connectivity index (χ0n) is 10.8. The molecular formula is C14H13ClFNO2S. The smallest absolute Gasteiger partial charge is 0.207 e. The summed E-state index contributed by atoms with van der Waals surface area (Å²) >= 11 is 5.74. The van der Waals surface area contributed by atoms with Crippen molar-refractivity contribution in [3.05, 3.63) is 64.9 Å². The molecule has 3 nitrogen and oxygen atoms in total. The molecule has 0 saturated heterocycles. The Morgan fingerprint density at radius 3 is 2.40 bits per heavy atom. The zero-order chi connectivity index (χ0) is 14.8. The van der Waals surface area contributed by atoms with E-state index in [0.29, 0.717) is 10.6 Å². The molecule has 6 heteroatoms. The van der Waals surface area contributed by atoms with E-state index in [9.17, 15) is 12.8 Å². The maximum Gasteiger partial charge on any atom is 0.243 e. The van der Waals surface area contributed by atoms with Gasteiger partial charge in [0.15, 0.2) is 0 Å². The van der Waals surface area contributed by atoms with Crippen LogP contribution in [0.1, 0.15) is 5.56 Å². The fourth-order valence-corrected chi connectivity index (χ4v) is 3.05. The maximum absolute atomic E-state index is 13.1. The van der Waals surface area contributed by atoms with Crippen LogP contribution < -0.4 is 0 Å². The van der Waals surface area contributed by atoms with E-state index in [4.69, 9.17) is 11.6 Å². The first-order valence-corrected chi connectivity index (χ1v) is 7.68. The molecule has 20 heavy (non-hydrogen) atoms. The summed E-state index contributed by atoms with van der Waals surface area (Å²) in [6, 6.07) is 11.8. The first kappa shape index (κ1) is 15.0. The molecule has 2 aromatic rings. The van der Waals surface area contributed by atoms with Crippen molar-refractivity contribution in [1.82, 2.24) is 4.31 Å². The largest absolute Gasteiger partial charge is 0.243 e. The van der Waals surface area contributed by atoms with Crippen LogP contribution in [0, 0.1) is 5.82 Å². The molecule has 0 fully saturated rings. The average molecular weight is 314 g/mol. The molecule has 0 spiro atoms. The lowest BCUT2D eigenvalue weighted by atomic mass is 10.2. The van der Waals surface area contributed by atoms with Crippen LogP contribution in [0.5, 0.6) is 0 Å². The third-order valence-corrected chi connectivity index (χ3v) is 4.89. The number of hydrogen-bond acceptors (Lipinski definition) is 2. The summed E-state index contributed by atoms with van der Waals surface area (Å²) in [5.74, 6) is -0.389. The van der Waals surface area contributed by atoms with E-state index in [1.54, 1.807) is 12.1 Å². The molecule has 2 aromatic carbocycles. The number of sulfonamides is 1. The Kier molecular flexibility index (Phi) is 4.42. The van der Waals surface area contributed by atoms with Crippen LogP contribution in [0.4, 0.5) is 4.39 Å². The van der Waals surface area contributed by atoms with Gasteiger partial charge < -0.3 is 0 Å². The van der Waals surface area contributed by atoms with Crippen LogP contribution in [-0.4, -0.2) is 19.8 Å². The highest BCUT2D eigenvalue weighted by molar-refractivity contribution is 7.89. The van der Waals surface area contributed by atoms with Gasteiger partial charge in [-0.2, -0.15) is 4.31 Å². The van der Waals surface area contributed by atoms with Crippen molar-refractivity contribution in [3.8, 4) is 0 Å². The highest BCUT2D eigenvalue weighted by Crippen LogP contribution is 2.19. The number of rotatable bonds is 4. The van der Waals surface area contributed by atoms with Crippen molar-refractivity contribution < 1.29 is 12.8 Å². The Balaban J connectivity index is 2.23. The molecule has 0 aromatic heterocycles. The Morgan fingerprint density at radius 2 is 1.80 bits per heavy atom. The Hall–Kier alpha value is -1.43. The Morgan fingerprint density at radius 1 is 1.15 bits per heavy atom. The first-order chi connectivity index (χ1) is 9.39. The molecule has 0 aliphatic heterocycles. The minimum atomic E-state index is -3.61. The van der Waals surface area contributed by atoms with Crippen LogP contribution in [0.25, 0.3) is 0 Å². The molecular weight excluding hydrogens is 301 g/mol. The Labute approximate surface area is 122 Å². The summed E-state index contributed by atoms with van der Waals surface area (Å²) in [6.07, 6.45) is 0. The lowest BCUT2D eigenvalue weighted by Gasteiger charge is -2.17. The predicted molar refractivity (Wildman–Crippen MR) is 76.5 cm³/mol. The lowest BCUT2D eigenvalue weighted by molar-refractivity contribution is 0.465. The molecule has 0 aliphatic rings. The SMILES string of the molecule is CN(Cc1cccc(F)c1)S(=O)(=O)c1ccc(Cl)cc1. The second-order valence-electron chi connectivity index (χ2n) is 4.34. The molecule has 0 unspecified atom stereocenters. The third kappa shape index (κ3) is 3.36. The predicted octanol–water partition coefficient (Wildman–Crippen LogP) is 3.30. The van der Waals surface area contributed by atoms with Crippen molar-refractivity contribution in [3.63, 3.8) is 0 Å². The zero-order valence-corrected chi connectivity index (χ0v) is 12.3. The van der Waals surface area contributed by atoms with Crippen LogP contribution in [0.15, 0.2) is 53.4 Å². The first-order valence-electron chi connectivity index (χ1n) is 5.86. The summed E-state index contributed by atoms with van der Waals surface area (Å²) in [5, 5.41) is 0.469. The number of nitrogens with zero attached hydrogens (tertiary/aromatic N) is 1. The maximum atomic E-state index is 13.1. The molecule has 2 rings (SSSR count). The minimum absolute atomic E-state index is 0.0999. The molecule has 0 bridgehead atoms. The fraction of sp³-hybridized carbons (Fsp3) is 0.143. The molecule has 106 valence electrons. The van der Waals surface area contributed by atoms with E-state index in [1.165, 1.54) is 47.8 Å². The minimum Gasteiger partial charge on any atom is -0.207 e. The fourth-order valence-electron chi connectivity index (χ4n) is 1.76. The molecule has 0 N–H and O–H groups in total. The van der Waals surface area contributed by atoms with Gasteiger partial charge in [0.1, 0.15) is 5.82 Å². The van der Waals surface area contributed by atoms with Gasteiger partial charge in [-0.3, -0.25) is 0 Å². The van der Waals surface area contributed by atoms with Crippen LogP contribution in [0.2, 0.25) is 5.02 Å². The topological polar surface area (TPSA) is 37.4 Å². The van der Waals surface area contributed by atoms with Crippen molar-refractivity contribution in [2.24, 2.45) is 0 Å². The number of halogens is 2. The van der Waals surface area contributed by atoms with Gasteiger partial charge in [-0.15, -0.1) is 0 Å². The molecule has 0 atom stereocenters. The van der Waals surface area contributed by atoms with Gasteiger partial charge in [0.05, 0.1) is 4.90 Å². The van der Waals surface area contributed by atoms with E-state index in [-0.39, 0.29) is 17.3 Å². The van der Waals surface area contributed by atoms with Crippen LogP contribution in [-0.2, 0) is 16.6 Å². The van der Waals surface area contributed by atoms with Crippen molar-refractivity contribution in [1.29, 1.82) is 0 Å². The lowest BCUT2D eigenvalue weighted by Crippen LogP contribution is -2.26. The van der Waals surface area contributed by atoms with Gasteiger partial charge in [-0.05, 0) is 42.0 Å². The van der Waals surface area contributed by atoms with Crippen molar-refractivity contribution in [2.75, 3.05) is 7.05 Å². The molecule has 0 amide bonds. The van der Waals surface area contributed by atoms with E-state index >= 15 is 0 Å². The van der Waals surface area contributed by atoms with Crippen LogP contribution >= 0.6 is 11.6 Å². The van der Waals surface area contributed by atoms with Crippen molar-refractivity contribution >= 4 is 21.6 Å². The van der Waals surface area contributed by atoms with E-state index in [2.05, 4.69) is 0 Å². The van der Waals surface area contributed by atoms with Gasteiger partial charge in [-0.1, -0.05) is 23.7 Å². The van der Waals surface area contributed by atoms with Gasteiger partial charge in [0, 0.05) is 18.6 Å². The van der Waals surface area contributed by atoms with Crippen LogP contribution in [0.3, 0.4) is 0 Å². The summed E-state index contributed by atoms with van der Waals surface area (Å²) < 4.78 is 38.9. The van der Waals surface area contributed by atoms with E-state index < -0.39 is 10.0 Å². The van der Waals surface area contributed by atoms with Crippen molar-refractivity contribution in [2.45, 2.75) is 11.4 Å². The summed E-state index contributed by atoms with van der Waals surface area (Å²) in [5.41, 5.74) is 0.588. The molecule has 0 heterocycles. The Bertz CT molecular complexity index is 701. The summed E-state index contributed by atoms with van der Waals surface area (Å²) in [7, 11) is -2.16. The van der Waals surface area contributed by atoms with Gasteiger partial charge in [0.2, 0.25) is 10.0 Å². The highest BCUT2D eigenvalue weighted by Gasteiger charge is 2.20. The van der Waals surface area contributed by atoms with Gasteiger partial charge in [-0.25, -0.2) is 12.8 Å². The third-order valence-electron chi connectivity index (χ3n) is 2.82. The monoisotopic (exact) mass is 313 g/mol. The molecule has 0 aliphatic carbocycles. The second-order valence-corrected chi connectivity index (χ2v) is 6.83. The highest BCUT2D eigenvalue weighted by atomic mass is 35.5. The standard InChI is InChI=1S/C14H13ClFNO2S/c1-17(10-11-3-2-4-13(16)9-11)20(18,19)14-7-5-12(15)6-8-14/h2-9H,10H2,1H3. The van der Waals surface area contributed by atoms with E-state index in [1.807, 2.05) is 0 Å². The molecule has 0 radical (unpaired) electrons. The molecule has 0 saturated carbocycles. The normalized spacial score (nSPS) is 11.8. The second kappa shape index (κ2) is 5.91. The number of benzene rings is 2. The number of hydrogen-bond donors (Lipinski definition) is 0. The average Bonchev–Trinajstić information content (AvgIpc) is 2.39. The quantitative estimate of drug-likeness (QED) is 0.868. The van der Waals surface area contributed by atoms with E-state index in [0.717, 1.165) is 0 Å². The van der Waals surface area contributed by atoms with Gasteiger partial charge in [0.25, 0.3) is 0 Å².